The monoisotopic (exact) mass is 269 g/mol. The van der Waals surface area contributed by atoms with Gasteiger partial charge in [0, 0.05) is 17.5 Å². The van der Waals surface area contributed by atoms with Crippen LogP contribution >= 0.6 is 0 Å². The SMILES string of the molecule is O=[N+]([O-])c1cc(S(=O)(=O)O)c2c(O)cccc2c1. The lowest BCUT2D eigenvalue weighted by Gasteiger charge is -2.05. The lowest BCUT2D eigenvalue weighted by molar-refractivity contribution is -0.384. The van der Waals surface area contributed by atoms with E-state index in [1.165, 1.54) is 18.2 Å². The number of phenolic OH excluding ortho intramolecular Hbond substituents is 1. The van der Waals surface area contributed by atoms with E-state index in [1.807, 2.05) is 0 Å². The summed E-state index contributed by atoms with van der Waals surface area (Å²) in [5.41, 5.74) is -0.485. The van der Waals surface area contributed by atoms with E-state index in [4.69, 9.17) is 4.55 Å². The van der Waals surface area contributed by atoms with Crippen molar-refractivity contribution in [3.63, 3.8) is 0 Å². The summed E-state index contributed by atoms with van der Waals surface area (Å²) < 4.78 is 31.4. The minimum atomic E-state index is -4.67. The van der Waals surface area contributed by atoms with Crippen molar-refractivity contribution in [1.82, 2.24) is 0 Å². The van der Waals surface area contributed by atoms with Gasteiger partial charge in [0.1, 0.15) is 10.6 Å². The Morgan fingerprint density at radius 1 is 1.22 bits per heavy atom. The van der Waals surface area contributed by atoms with Crippen molar-refractivity contribution in [3.8, 4) is 5.75 Å². The molecule has 0 aliphatic carbocycles. The van der Waals surface area contributed by atoms with E-state index >= 15 is 0 Å². The number of benzene rings is 2. The second-order valence-corrected chi connectivity index (χ2v) is 4.94. The molecule has 0 aliphatic rings. The number of nitrogens with zero attached hydrogens (tertiary/aromatic N) is 1. The van der Waals surface area contributed by atoms with Gasteiger partial charge in [-0.3, -0.25) is 14.7 Å². The Morgan fingerprint density at radius 3 is 2.44 bits per heavy atom. The Bertz CT molecular complexity index is 752. The minimum Gasteiger partial charge on any atom is -0.507 e. The molecule has 2 N–H and O–H groups in total. The molecule has 0 fully saturated rings. The molecule has 0 spiro atoms. The fourth-order valence-corrected chi connectivity index (χ4v) is 2.41. The van der Waals surface area contributed by atoms with Crippen molar-refractivity contribution < 1.29 is 23.0 Å². The molecule has 2 aromatic rings. The second-order valence-electron chi connectivity index (χ2n) is 3.55. The Labute approximate surface area is 101 Å². The van der Waals surface area contributed by atoms with Gasteiger partial charge in [0.05, 0.1) is 4.92 Å². The van der Waals surface area contributed by atoms with Crippen LogP contribution in [0.3, 0.4) is 0 Å². The topological polar surface area (TPSA) is 118 Å². The smallest absolute Gasteiger partial charge is 0.295 e. The number of nitro groups is 1. The number of hydrogen-bond donors (Lipinski definition) is 2. The highest BCUT2D eigenvalue weighted by molar-refractivity contribution is 7.86. The average Bonchev–Trinajstić information content (AvgIpc) is 2.26. The van der Waals surface area contributed by atoms with Gasteiger partial charge in [0.15, 0.2) is 0 Å². The van der Waals surface area contributed by atoms with E-state index in [-0.39, 0.29) is 16.5 Å². The number of non-ortho nitro benzene ring substituents is 1. The molecular formula is C10H7NO6S. The van der Waals surface area contributed by atoms with E-state index in [2.05, 4.69) is 0 Å². The molecule has 0 saturated carbocycles. The van der Waals surface area contributed by atoms with Crippen LogP contribution < -0.4 is 0 Å². The first-order valence-electron chi connectivity index (χ1n) is 4.68. The summed E-state index contributed by atoms with van der Waals surface area (Å²) in [5, 5.41) is 20.3. The Kier molecular flexibility index (Phi) is 2.68. The largest absolute Gasteiger partial charge is 0.507 e. The Balaban J connectivity index is 3.01. The zero-order chi connectivity index (χ0) is 13.5. The van der Waals surface area contributed by atoms with Gasteiger partial charge in [-0.25, -0.2) is 0 Å². The summed E-state index contributed by atoms with van der Waals surface area (Å²) in [4.78, 5) is 9.21. The number of rotatable bonds is 2. The highest BCUT2D eigenvalue weighted by Gasteiger charge is 2.21. The van der Waals surface area contributed by atoms with Crippen LogP contribution in [0.2, 0.25) is 0 Å². The zero-order valence-electron chi connectivity index (χ0n) is 8.77. The molecular weight excluding hydrogens is 262 g/mol. The van der Waals surface area contributed by atoms with E-state index in [0.29, 0.717) is 6.07 Å². The highest BCUT2D eigenvalue weighted by Crippen LogP contribution is 2.34. The molecule has 2 rings (SSSR count). The van der Waals surface area contributed by atoms with Gasteiger partial charge in [0.2, 0.25) is 0 Å². The van der Waals surface area contributed by atoms with Crippen LogP contribution in [-0.2, 0) is 10.1 Å². The van der Waals surface area contributed by atoms with E-state index < -0.39 is 25.6 Å². The maximum Gasteiger partial charge on any atom is 0.295 e. The van der Waals surface area contributed by atoms with Crippen LogP contribution in [0.5, 0.6) is 5.75 Å². The minimum absolute atomic E-state index is 0.148. The number of fused-ring (bicyclic) bond motifs is 1. The molecule has 18 heavy (non-hydrogen) atoms. The van der Waals surface area contributed by atoms with Crippen molar-refractivity contribution in [2.24, 2.45) is 0 Å². The van der Waals surface area contributed by atoms with Gasteiger partial charge in [-0.1, -0.05) is 12.1 Å². The fourth-order valence-electron chi connectivity index (χ4n) is 1.66. The molecule has 2 aromatic carbocycles. The lowest BCUT2D eigenvalue weighted by atomic mass is 10.1. The molecule has 0 bridgehead atoms. The van der Waals surface area contributed by atoms with Gasteiger partial charge < -0.3 is 5.11 Å². The first kappa shape index (κ1) is 12.3. The number of hydrogen-bond acceptors (Lipinski definition) is 5. The molecule has 94 valence electrons. The van der Waals surface area contributed by atoms with Crippen LogP contribution in [0.1, 0.15) is 0 Å². The predicted molar refractivity (Wildman–Crippen MR) is 62.1 cm³/mol. The lowest BCUT2D eigenvalue weighted by Crippen LogP contribution is -2.01. The van der Waals surface area contributed by atoms with Crippen LogP contribution in [0.15, 0.2) is 35.2 Å². The molecule has 0 aromatic heterocycles. The first-order valence-corrected chi connectivity index (χ1v) is 6.12. The predicted octanol–water partition coefficient (Wildman–Crippen LogP) is 1.70. The van der Waals surface area contributed by atoms with E-state index in [0.717, 1.165) is 6.07 Å². The summed E-state index contributed by atoms with van der Waals surface area (Å²) in [7, 11) is -4.67. The Hall–Kier alpha value is -2.19. The van der Waals surface area contributed by atoms with Gasteiger partial charge in [-0.2, -0.15) is 8.42 Å². The van der Waals surface area contributed by atoms with Gasteiger partial charge in [0.25, 0.3) is 15.8 Å². The molecule has 8 heteroatoms. The number of phenols is 1. The number of aromatic hydroxyl groups is 1. The van der Waals surface area contributed by atoms with Crippen molar-refractivity contribution >= 4 is 26.6 Å². The summed E-state index contributed by atoms with van der Waals surface area (Å²) in [6.07, 6.45) is 0. The zero-order valence-corrected chi connectivity index (χ0v) is 9.59. The molecule has 0 amide bonds. The molecule has 0 unspecified atom stereocenters. The van der Waals surface area contributed by atoms with Crippen LogP contribution in [0.25, 0.3) is 10.8 Å². The third kappa shape index (κ3) is 1.98. The van der Waals surface area contributed by atoms with Gasteiger partial charge in [-0.05, 0) is 11.5 Å². The summed E-state index contributed by atoms with van der Waals surface area (Å²) >= 11 is 0. The third-order valence-corrected chi connectivity index (χ3v) is 3.27. The van der Waals surface area contributed by atoms with Gasteiger partial charge in [-0.15, -0.1) is 0 Å². The maximum absolute atomic E-state index is 11.2. The van der Waals surface area contributed by atoms with Crippen LogP contribution in [0.4, 0.5) is 5.69 Å². The number of nitro benzene ring substituents is 1. The average molecular weight is 269 g/mol. The Morgan fingerprint density at radius 2 is 1.89 bits per heavy atom. The summed E-state index contributed by atoms with van der Waals surface area (Å²) in [5.74, 6) is -0.380. The molecule has 0 aliphatic heterocycles. The first-order chi connectivity index (χ1) is 8.30. The molecule has 0 saturated heterocycles. The van der Waals surface area contributed by atoms with Crippen LogP contribution in [0, 0.1) is 10.1 Å². The third-order valence-electron chi connectivity index (χ3n) is 2.39. The molecule has 0 radical (unpaired) electrons. The van der Waals surface area contributed by atoms with Crippen LogP contribution in [-0.4, -0.2) is 23.0 Å². The summed E-state index contributed by atoms with van der Waals surface area (Å²) in [6.45, 7) is 0. The van der Waals surface area contributed by atoms with Crippen molar-refractivity contribution in [1.29, 1.82) is 0 Å². The summed E-state index contributed by atoms with van der Waals surface area (Å²) in [6, 6.07) is 5.86. The second kappa shape index (κ2) is 3.93. The van der Waals surface area contributed by atoms with Crippen molar-refractivity contribution in [3.05, 3.63) is 40.4 Å². The molecule has 0 heterocycles. The van der Waals surface area contributed by atoms with Crippen molar-refractivity contribution in [2.75, 3.05) is 0 Å². The normalized spacial score (nSPS) is 11.6. The molecule has 7 nitrogen and oxygen atoms in total. The standard InChI is InChI=1S/C10H7NO6S/c12-8-3-1-2-6-4-7(11(13)14)5-9(10(6)8)18(15,16)17/h1-5,12H,(H,15,16,17). The fraction of sp³-hybridized carbons (Fsp3) is 0. The maximum atomic E-state index is 11.2. The van der Waals surface area contributed by atoms with E-state index in [9.17, 15) is 23.6 Å². The molecule has 0 atom stereocenters. The van der Waals surface area contributed by atoms with Gasteiger partial charge >= 0.3 is 0 Å². The quantitative estimate of drug-likeness (QED) is 0.486. The van der Waals surface area contributed by atoms with E-state index in [1.54, 1.807) is 0 Å². The van der Waals surface area contributed by atoms with Crippen molar-refractivity contribution in [2.45, 2.75) is 4.90 Å². The highest BCUT2D eigenvalue weighted by atomic mass is 32.2.